The molecule has 0 aromatic rings. The van der Waals surface area contributed by atoms with Gasteiger partial charge in [0.1, 0.15) is 6.10 Å². The monoisotopic (exact) mass is 1160 g/mol. The van der Waals surface area contributed by atoms with Gasteiger partial charge in [-0.1, -0.05) is 296 Å². The molecule has 4 heteroatoms. The summed E-state index contributed by atoms with van der Waals surface area (Å²) < 4.78 is 11.7. The summed E-state index contributed by atoms with van der Waals surface area (Å²) in [4.78, 5) is 25.1. The SMILES string of the molecule is CCCCCCCC/C=C\CCCCCCCC(=O)OCCCCCCCC/C=C\CCCCCCCCCCCCCCCCCCCCCCCC(=O)O[C@H]1CC[C@@]2(C)C(=CC[C@H]3[C@@H]4CC[C@H]([C@H](C)CCCC(C)C)[C@@]4(C)CC[C@@H]32)C1. The van der Waals surface area contributed by atoms with Crippen LogP contribution in [-0.4, -0.2) is 24.6 Å². The number of hydrogen-bond donors (Lipinski definition) is 0. The van der Waals surface area contributed by atoms with Gasteiger partial charge in [-0.2, -0.15) is 0 Å². The van der Waals surface area contributed by atoms with Gasteiger partial charge < -0.3 is 9.47 Å². The molecule has 4 nitrogen and oxygen atoms in total. The van der Waals surface area contributed by atoms with Gasteiger partial charge in [0.05, 0.1) is 6.61 Å². The summed E-state index contributed by atoms with van der Waals surface area (Å²) in [7, 11) is 0. The first-order valence-electron chi connectivity index (χ1n) is 37.9. The van der Waals surface area contributed by atoms with Crippen molar-refractivity contribution in [2.45, 2.75) is 401 Å². The molecule has 3 saturated carbocycles. The van der Waals surface area contributed by atoms with E-state index in [0.29, 0.717) is 30.3 Å². The van der Waals surface area contributed by atoms with Crippen molar-refractivity contribution in [3.63, 3.8) is 0 Å². The Morgan fingerprint density at radius 1 is 0.482 bits per heavy atom. The van der Waals surface area contributed by atoms with Gasteiger partial charge in [0.15, 0.2) is 0 Å². The van der Waals surface area contributed by atoms with E-state index in [4.69, 9.17) is 9.47 Å². The number of unbranched alkanes of at least 4 members (excludes halogenated alkanes) is 38. The van der Waals surface area contributed by atoms with E-state index in [-0.39, 0.29) is 18.0 Å². The van der Waals surface area contributed by atoms with Gasteiger partial charge >= 0.3 is 11.9 Å². The summed E-state index contributed by atoms with van der Waals surface area (Å²) in [5, 5.41) is 0. The highest BCUT2D eigenvalue weighted by molar-refractivity contribution is 5.69. The molecule has 3 fully saturated rings. The van der Waals surface area contributed by atoms with E-state index in [1.165, 1.54) is 302 Å². The Morgan fingerprint density at radius 3 is 1.39 bits per heavy atom. The Bertz CT molecular complexity index is 1670. The lowest BCUT2D eigenvalue weighted by molar-refractivity contribution is -0.151. The van der Waals surface area contributed by atoms with Crippen LogP contribution in [0, 0.1) is 46.3 Å². The molecule has 0 aliphatic heterocycles. The molecule has 0 aromatic carbocycles. The third-order valence-corrected chi connectivity index (χ3v) is 22.1. The summed E-state index contributed by atoms with van der Waals surface area (Å²) in [6.45, 7) is 15.6. The van der Waals surface area contributed by atoms with E-state index in [1.807, 2.05) is 0 Å². The van der Waals surface area contributed by atoms with Crippen LogP contribution >= 0.6 is 0 Å². The van der Waals surface area contributed by atoms with Crippen LogP contribution in [0.15, 0.2) is 36.0 Å². The maximum atomic E-state index is 13.0. The van der Waals surface area contributed by atoms with E-state index < -0.39 is 0 Å². The Hall–Kier alpha value is -1.84. The average molecular weight is 1160 g/mol. The standard InChI is InChI=1S/C79H142O4/c1-7-8-9-10-11-12-13-14-32-35-38-41-44-47-50-56-76(80)82-66-52-49-46-43-40-37-34-31-29-27-25-23-21-19-17-15-16-18-20-22-24-26-28-30-33-36-39-42-45-48-51-57-77(81)83-71-62-64-78(5)70(67-71)58-59-72-74-61-60-73(69(4)55-53-54-68(2)3)79(74,6)65-63-75(72)78/h14,29,31-32,58,68-69,71-75H,7-13,15-28,30,33-57,59-67H2,1-6H3/b31-29-,32-14-/t69-,71+,72+,73-,74+,75+,78+,79-/m1/s1. The molecule has 482 valence electrons. The molecule has 83 heavy (non-hydrogen) atoms. The van der Waals surface area contributed by atoms with Crippen molar-refractivity contribution in [3.05, 3.63) is 36.0 Å². The molecule has 4 aliphatic rings. The molecule has 0 amide bonds. The summed E-state index contributed by atoms with van der Waals surface area (Å²) in [6.07, 6.45) is 83.7. The van der Waals surface area contributed by atoms with Crippen molar-refractivity contribution in [1.82, 2.24) is 0 Å². The first kappa shape index (κ1) is 73.6. The Morgan fingerprint density at radius 2 is 0.916 bits per heavy atom. The van der Waals surface area contributed by atoms with E-state index in [0.717, 1.165) is 74.0 Å². The van der Waals surface area contributed by atoms with Crippen LogP contribution < -0.4 is 0 Å². The van der Waals surface area contributed by atoms with Gasteiger partial charge in [-0.05, 0) is 162 Å². The lowest BCUT2D eigenvalue weighted by Crippen LogP contribution is -2.51. The maximum absolute atomic E-state index is 13.0. The van der Waals surface area contributed by atoms with Gasteiger partial charge in [0, 0.05) is 19.3 Å². The lowest BCUT2D eigenvalue weighted by Gasteiger charge is -2.58. The summed E-state index contributed by atoms with van der Waals surface area (Å²) in [6, 6.07) is 0. The zero-order valence-corrected chi connectivity index (χ0v) is 56.7. The number of esters is 2. The molecule has 0 saturated heterocycles. The van der Waals surface area contributed by atoms with Crippen LogP contribution in [0.2, 0.25) is 0 Å². The third kappa shape index (κ3) is 31.8. The minimum Gasteiger partial charge on any atom is -0.466 e. The maximum Gasteiger partial charge on any atom is 0.306 e. The molecule has 0 N–H and O–H groups in total. The summed E-state index contributed by atoms with van der Waals surface area (Å²) >= 11 is 0. The highest BCUT2D eigenvalue weighted by Crippen LogP contribution is 2.67. The summed E-state index contributed by atoms with van der Waals surface area (Å²) in [5.41, 5.74) is 2.52. The van der Waals surface area contributed by atoms with Crippen LogP contribution in [-0.2, 0) is 19.1 Å². The topological polar surface area (TPSA) is 52.6 Å². The van der Waals surface area contributed by atoms with Crippen molar-refractivity contribution >= 4 is 11.9 Å². The number of allylic oxidation sites excluding steroid dienone is 5. The highest BCUT2D eigenvalue weighted by atomic mass is 16.5. The lowest BCUT2D eigenvalue weighted by atomic mass is 9.47. The average Bonchev–Trinajstić information content (AvgIpc) is 4.07. The fraction of sp³-hybridized carbons (Fsp3) is 0.899. The molecule has 0 unspecified atom stereocenters. The molecule has 8 atom stereocenters. The predicted octanol–water partition coefficient (Wildman–Crippen LogP) is 25.8. The molecular formula is C79H142O4. The normalized spacial score (nSPS) is 23.7. The predicted molar refractivity (Wildman–Crippen MR) is 361 cm³/mol. The first-order chi connectivity index (χ1) is 40.6. The van der Waals surface area contributed by atoms with E-state index in [1.54, 1.807) is 5.57 Å². The van der Waals surface area contributed by atoms with Crippen LogP contribution in [0.4, 0.5) is 0 Å². The molecule has 4 aliphatic carbocycles. The Labute approximate surface area is 518 Å². The fourth-order valence-corrected chi connectivity index (χ4v) is 16.8. The largest absolute Gasteiger partial charge is 0.466 e. The number of carbonyl (C=O) groups is 2. The van der Waals surface area contributed by atoms with Crippen LogP contribution in [0.25, 0.3) is 0 Å². The molecule has 4 rings (SSSR count). The minimum atomic E-state index is 0.0107. The number of hydrogen-bond acceptors (Lipinski definition) is 4. The van der Waals surface area contributed by atoms with Crippen LogP contribution in [0.5, 0.6) is 0 Å². The molecule has 0 heterocycles. The van der Waals surface area contributed by atoms with Crippen LogP contribution in [0.1, 0.15) is 395 Å². The Kier molecular flexibility index (Phi) is 41.9. The van der Waals surface area contributed by atoms with Crippen molar-refractivity contribution in [2.75, 3.05) is 6.61 Å². The van der Waals surface area contributed by atoms with Gasteiger partial charge in [-0.3, -0.25) is 9.59 Å². The summed E-state index contributed by atoms with van der Waals surface area (Å²) in [5.74, 6) is 5.31. The number of fused-ring (bicyclic) bond motifs is 5. The number of rotatable bonds is 54. The second kappa shape index (κ2) is 47.2. The van der Waals surface area contributed by atoms with Crippen molar-refractivity contribution in [3.8, 4) is 0 Å². The molecule has 0 bridgehead atoms. The zero-order valence-electron chi connectivity index (χ0n) is 56.7. The van der Waals surface area contributed by atoms with Gasteiger partial charge in [-0.15, -0.1) is 0 Å². The third-order valence-electron chi connectivity index (χ3n) is 22.1. The van der Waals surface area contributed by atoms with Crippen molar-refractivity contribution in [2.24, 2.45) is 46.3 Å². The second-order valence-corrected chi connectivity index (χ2v) is 29.5. The van der Waals surface area contributed by atoms with E-state index >= 15 is 0 Å². The van der Waals surface area contributed by atoms with E-state index in [9.17, 15) is 9.59 Å². The van der Waals surface area contributed by atoms with Gasteiger partial charge in [-0.25, -0.2) is 0 Å². The van der Waals surface area contributed by atoms with E-state index in [2.05, 4.69) is 71.9 Å². The molecular weight excluding hydrogens is 1010 g/mol. The first-order valence-corrected chi connectivity index (χ1v) is 37.9. The fourth-order valence-electron chi connectivity index (χ4n) is 16.8. The molecule has 0 radical (unpaired) electrons. The van der Waals surface area contributed by atoms with Crippen molar-refractivity contribution < 1.29 is 19.1 Å². The van der Waals surface area contributed by atoms with Gasteiger partial charge in [0.2, 0.25) is 0 Å². The smallest absolute Gasteiger partial charge is 0.306 e. The number of carbonyl (C=O) groups excluding carboxylic acids is 2. The second-order valence-electron chi connectivity index (χ2n) is 29.5. The zero-order chi connectivity index (χ0) is 59.3. The minimum absolute atomic E-state index is 0.0107. The molecule has 0 aromatic heterocycles. The van der Waals surface area contributed by atoms with Crippen LogP contribution in [0.3, 0.4) is 0 Å². The van der Waals surface area contributed by atoms with Gasteiger partial charge in [0.25, 0.3) is 0 Å². The van der Waals surface area contributed by atoms with Crippen molar-refractivity contribution in [1.29, 1.82) is 0 Å². The number of ether oxygens (including phenoxy) is 2. The Balaban J connectivity index is 0.804. The highest BCUT2D eigenvalue weighted by Gasteiger charge is 2.59. The molecule has 0 spiro atoms. The quantitative estimate of drug-likeness (QED) is 0.0346.